The second kappa shape index (κ2) is 4.59. The number of hydrogen-bond donors (Lipinski definition) is 1. The van der Waals surface area contributed by atoms with Crippen LogP contribution >= 0.6 is 0 Å². The lowest BCUT2D eigenvalue weighted by Gasteiger charge is -2.17. The van der Waals surface area contributed by atoms with Gasteiger partial charge in [-0.05, 0) is 56.5 Å². The lowest BCUT2D eigenvalue weighted by atomic mass is 10.0. The van der Waals surface area contributed by atoms with E-state index in [0.717, 1.165) is 31.5 Å². The van der Waals surface area contributed by atoms with E-state index in [4.69, 9.17) is 5.26 Å². The van der Waals surface area contributed by atoms with Gasteiger partial charge in [0.25, 0.3) is 0 Å². The molecule has 1 N–H and O–H groups in total. The monoisotopic (exact) mass is 233 g/mol. The molecule has 2 aliphatic carbocycles. The van der Waals surface area contributed by atoms with Gasteiger partial charge in [-0.3, -0.25) is 0 Å². The van der Waals surface area contributed by atoms with Crippen molar-refractivity contribution in [2.24, 2.45) is 11.3 Å². The topological polar surface area (TPSA) is 39.1 Å². The molecule has 0 bridgehead atoms. The van der Waals surface area contributed by atoms with Crippen molar-refractivity contribution >= 4 is 0 Å². The summed E-state index contributed by atoms with van der Waals surface area (Å²) in [6.07, 6.45) is 7.50. The number of nitrogens with zero attached hydrogens (tertiary/aromatic N) is 2. The Bertz CT molecular complexity index is 312. The maximum atomic E-state index is 8.77. The molecular weight excluding hydrogens is 210 g/mol. The summed E-state index contributed by atoms with van der Waals surface area (Å²) in [4.78, 5) is 2.68. The smallest absolute Gasteiger partial charge is 0.0628 e. The molecule has 1 atom stereocenters. The lowest BCUT2D eigenvalue weighted by molar-refractivity contribution is 0.309. The molecule has 0 aromatic carbocycles. The zero-order valence-electron chi connectivity index (χ0n) is 10.6. The average Bonchev–Trinajstić information content (AvgIpc) is 3.23. The molecule has 3 rings (SSSR count). The van der Waals surface area contributed by atoms with Gasteiger partial charge in [-0.2, -0.15) is 5.26 Å². The van der Waals surface area contributed by atoms with Crippen LogP contribution in [0.1, 0.15) is 38.5 Å². The molecule has 17 heavy (non-hydrogen) atoms. The van der Waals surface area contributed by atoms with Crippen LogP contribution in [0.2, 0.25) is 0 Å². The van der Waals surface area contributed by atoms with E-state index in [1.54, 1.807) is 0 Å². The highest BCUT2D eigenvalue weighted by Crippen LogP contribution is 2.47. The third kappa shape index (κ3) is 2.81. The van der Waals surface area contributed by atoms with Gasteiger partial charge in [0.15, 0.2) is 0 Å². The number of likely N-dealkylation sites (tertiary alicyclic amines) is 1. The molecule has 0 radical (unpaired) electrons. The predicted octanol–water partition coefficient (Wildman–Crippen LogP) is 1.75. The molecule has 3 aliphatic rings. The van der Waals surface area contributed by atoms with Crippen LogP contribution in [-0.2, 0) is 0 Å². The minimum atomic E-state index is 0.365. The second-order valence-corrected chi connectivity index (χ2v) is 6.35. The Labute approximate surface area is 104 Å². The van der Waals surface area contributed by atoms with Gasteiger partial charge in [0.2, 0.25) is 0 Å². The molecule has 1 unspecified atom stereocenters. The highest BCUT2D eigenvalue weighted by Gasteiger charge is 2.42. The van der Waals surface area contributed by atoms with Crippen molar-refractivity contribution in [1.82, 2.24) is 10.2 Å². The molecule has 0 spiro atoms. The molecule has 94 valence electrons. The predicted molar refractivity (Wildman–Crippen MR) is 67.5 cm³/mol. The van der Waals surface area contributed by atoms with Crippen LogP contribution in [0.5, 0.6) is 0 Å². The Morgan fingerprint density at radius 2 is 2.12 bits per heavy atom. The molecular formula is C14H23N3. The van der Waals surface area contributed by atoms with Gasteiger partial charge in [-0.25, -0.2) is 0 Å². The van der Waals surface area contributed by atoms with E-state index in [9.17, 15) is 0 Å². The summed E-state index contributed by atoms with van der Waals surface area (Å²) < 4.78 is 0. The normalized spacial score (nSPS) is 31.4. The summed E-state index contributed by atoms with van der Waals surface area (Å²) in [6, 6.07) is 3.27. The summed E-state index contributed by atoms with van der Waals surface area (Å²) in [7, 11) is 0. The van der Waals surface area contributed by atoms with E-state index in [2.05, 4.69) is 16.3 Å². The van der Waals surface area contributed by atoms with Crippen LogP contribution in [0, 0.1) is 22.7 Å². The number of rotatable bonds is 6. The molecule has 1 heterocycles. The molecule has 0 amide bonds. The van der Waals surface area contributed by atoms with Gasteiger partial charge in [0, 0.05) is 25.6 Å². The first-order chi connectivity index (χ1) is 8.31. The van der Waals surface area contributed by atoms with Gasteiger partial charge >= 0.3 is 0 Å². The maximum Gasteiger partial charge on any atom is 0.0628 e. The van der Waals surface area contributed by atoms with E-state index in [1.807, 2.05) is 0 Å². The van der Waals surface area contributed by atoms with Gasteiger partial charge in [0.05, 0.1) is 6.07 Å². The fourth-order valence-corrected chi connectivity index (χ4v) is 3.10. The second-order valence-electron chi connectivity index (χ2n) is 6.35. The molecule has 3 heteroatoms. The van der Waals surface area contributed by atoms with Gasteiger partial charge in [0.1, 0.15) is 0 Å². The van der Waals surface area contributed by atoms with Crippen LogP contribution in [0.3, 0.4) is 0 Å². The minimum Gasteiger partial charge on any atom is -0.316 e. The van der Waals surface area contributed by atoms with E-state index in [-0.39, 0.29) is 0 Å². The minimum absolute atomic E-state index is 0.365. The number of nitrogens with one attached hydrogen (secondary N) is 1. The number of nitriles is 1. The summed E-state index contributed by atoms with van der Waals surface area (Å²) in [6.45, 7) is 4.86. The van der Waals surface area contributed by atoms with Crippen molar-refractivity contribution in [3.63, 3.8) is 0 Å². The molecule has 0 aromatic heterocycles. The quantitative estimate of drug-likeness (QED) is 0.759. The Morgan fingerprint density at radius 3 is 2.76 bits per heavy atom. The van der Waals surface area contributed by atoms with Crippen molar-refractivity contribution in [3.8, 4) is 6.07 Å². The third-order valence-corrected chi connectivity index (χ3v) is 4.72. The Hall–Kier alpha value is -0.590. The van der Waals surface area contributed by atoms with Crippen molar-refractivity contribution < 1.29 is 0 Å². The third-order valence-electron chi connectivity index (χ3n) is 4.72. The van der Waals surface area contributed by atoms with E-state index in [1.165, 1.54) is 45.2 Å². The summed E-state index contributed by atoms with van der Waals surface area (Å²) >= 11 is 0. The lowest BCUT2D eigenvalue weighted by Crippen LogP contribution is -2.31. The average molecular weight is 233 g/mol. The zero-order chi connectivity index (χ0) is 11.7. The molecule has 2 saturated carbocycles. The van der Waals surface area contributed by atoms with E-state index >= 15 is 0 Å². The summed E-state index contributed by atoms with van der Waals surface area (Å²) in [5, 5.41) is 12.4. The zero-order valence-corrected chi connectivity index (χ0v) is 10.6. The van der Waals surface area contributed by atoms with Crippen molar-refractivity contribution in [3.05, 3.63) is 0 Å². The Balaban J connectivity index is 1.34. The maximum absolute atomic E-state index is 8.77. The van der Waals surface area contributed by atoms with Crippen LogP contribution < -0.4 is 5.32 Å². The first kappa shape index (κ1) is 11.5. The van der Waals surface area contributed by atoms with Crippen LogP contribution in [0.15, 0.2) is 0 Å². The van der Waals surface area contributed by atoms with Gasteiger partial charge in [-0.1, -0.05) is 0 Å². The highest BCUT2D eigenvalue weighted by atomic mass is 15.2. The SMILES string of the molecule is N#CCC1(CNCC2CCN(C3CC3)C2)CC1. The van der Waals surface area contributed by atoms with Crippen molar-refractivity contribution in [2.75, 3.05) is 26.2 Å². The van der Waals surface area contributed by atoms with Crippen molar-refractivity contribution in [2.45, 2.75) is 44.6 Å². The number of hydrogen-bond acceptors (Lipinski definition) is 3. The summed E-state index contributed by atoms with van der Waals surface area (Å²) in [5.41, 5.74) is 0.365. The first-order valence-corrected chi connectivity index (χ1v) is 7.13. The van der Waals surface area contributed by atoms with Crippen LogP contribution in [-0.4, -0.2) is 37.1 Å². The molecule has 0 aromatic rings. The molecule has 1 saturated heterocycles. The van der Waals surface area contributed by atoms with Crippen LogP contribution in [0.25, 0.3) is 0 Å². The molecule has 1 aliphatic heterocycles. The molecule has 3 fully saturated rings. The Morgan fingerprint density at radius 1 is 1.29 bits per heavy atom. The van der Waals surface area contributed by atoms with Gasteiger partial charge in [-0.15, -0.1) is 0 Å². The van der Waals surface area contributed by atoms with Crippen LogP contribution in [0.4, 0.5) is 0 Å². The molecule has 3 nitrogen and oxygen atoms in total. The largest absolute Gasteiger partial charge is 0.316 e. The highest BCUT2D eigenvalue weighted by molar-refractivity contribution is 5.00. The van der Waals surface area contributed by atoms with E-state index in [0.29, 0.717) is 5.41 Å². The van der Waals surface area contributed by atoms with E-state index < -0.39 is 0 Å². The summed E-state index contributed by atoms with van der Waals surface area (Å²) in [5.74, 6) is 0.855. The van der Waals surface area contributed by atoms with Crippen molar-refractivity contribution in [1.29, 1.82) is 5.26 Å². The first-order valence-electron chi connectivity index (χ1n) is 7.13. The standard InChI is InChI=1S/C14H23N3/c15-7-6-14(4-5-14)11-16-9-12-3-8-17(10-12)13-1-2-13/h12-13,16H,1-6,8-11H2. The fraction of sp³-hybridized carbons (Fsp3) is 0.929. The fourth-order valence-electron chi connectivity index (χ4n) is 3.10. The van der Waals surface area contributed by atoms with Gasteiger partial charge < -0.3 is 10.2 Å². The Kier molecular flexibility index (Phi) is 3.10.